The van der Waals surface area contributed by atoms with E-state index in [-0.39, 0.29) is 30.5 Å². The second kappa shape index (κ2) is 14.1. The third-order valence-electron chi connectivity index (χ3n) is 5.59. The molecule has 2 aromatic rings. The van der Waals surface area contributed by atoms with Crippen molar-refractivity contribution in [3.63, 3.8) is 0 Å². The Morgan fingerprint density at radius 2 is 1.84 bits per heavy atom. The Hall–Kier alpha value is -3.12. The van der Waals surface area contributed by atoms with Gasteiger partial charge < -0.3 is 28.7 Å². The molecule has 206 valence electrons. The molecular weight excluding hydrogens is 535 g/mol. The molecule has 1 unspecified atom stereocenters. The maximum atomic E-state index is 11.9. The number of carbonyl (C=O) groups is 3. The average Bonchev–Trinajstić information content (AvgIpc) is 3.24. The van der Waals surface area contributed by atoms with Crippen molar-refractivity contribution in [2.45, 2.75) is 18.3 Å². The number of carbonyl (C=O) groups excluding carboxylic acids is 3. The average molecular weight is 567 g/mol. The van der Waals surface area contributed by atoms with Crippen molar-refractivity contribution in [3.05, 3.63) is 53.7 Å². The van der Waals surface area contributed by atoms with Gasteiger partial charge in [0.05, 0.1) is 18.0 Å². The predicted octanol–water partition coefficient (Wildman–Crippen LogP) is 3.20. The van der Waals surface area contributed by atoms with Gasteiger partial charge in [0.15, 0.2) is 0 Å². The molecule has 2 heterocycles. The number of rotatable bonds is 14. The third kappa shape index (κ3) is 9.02. The Morgan fingerprint density at radius 1 is 1.13 bits per heavy atom. The molecule has 12 nitrogen and oxygen atoms in total. The molecule has 0 spiro atoms. The van der Waals surface area contributed by atoms with Crippen LogP contribution in [0.5, 0.6) is 5.75 Å². The molecule has 1 aliphatic heterocycles. The highest BCUT2D eigenvalue weighted by atomic mass is 32.2. The lowest BCUT2D eigenvalue weighted by Crippen LogP contribution is -2.27. The number of likely N-dealkylation sites (N-methyl/N-ethyl adjacent to an activating group) is 1. The molecule has 1 aromatic carbocycles. The molecule has 1 aliphatic rings. The van der Waals surface area contributed by atoms with Gasteiger partial charge in [-0.1, -0.05) is 30.0 Å². The van der Waals surface area contributed by atoms with E-state index >= 15 is 0 Å². The summed E-state index contributed by atoms with van der Waals surface area (Å²) < 4.78 is 32.5. The van der Waals surface area contributed by atoms with Crippen LogP contribution >= 0.6 is 19.4 Å². The van der Waals surface area contributed by atoms with Crippen molar-refractivity contribution < 1.29 is 37.5 Å². The second-order valence-corrected chi connectivity index (χ2v) is 11.8. The Morgan fingerprint density at radius 3 is 2.45 bits per heavy atom. The number of pyridine rings is 1. The van der Waals surface area contributed by atoms with Gasteiger partial charge in [-0.3, -0.25) is 19.5 Å². The van der Waals surface area contributed by atoms with Crippen molar-refractivity contribution in [3.8, 4) is 5.75 Å². The van der Waals surface area contributed by atoms with Gasteiger partial charge in [-0.25, -0.2) is 9.78 Å². The topological polar surface area (TPSA) is 145 Å². The van der Waals surface area contributed by atoms with Gasteiger partial charge in [-0.05, 0) is 30.2 Å². The molecule has 3 rings (SSSR count). The van der Waals surface area contributed by atoms with Crippen LogP contribution in [0, 0.1) is 0 Å². The summed E-state index contributed by atoms with van der Waals surface area (Å²) in [7, 11) is 1.28. The van der Waals surface area contributed by atoms with Crippen LogP contribution in [0.1, 0.15) is 11.1 Å². The zero-order chi connectivity index (χ0) is 27.5. The number of hydrogen-bond donors (Lipinski definition) is 2. The number of imide groups is 1. The van der Waals surface area contributed by atoms with Crippen LogP contribution in [0.15, 0.2) is 42.6 Å². The van der Waals surface area contributed by atoms with Crippen LogP contribution in [0.4, 0.5) is 15.4 Å². The molecule has 1 fully saturated rings. The third-order valence-corrected chi connectivity index (χ3v) is 8.45. The highest BCUT2D eigenvalue weighted by molar-refractivity contribution is 8.15. The summed E-state index contributed by atoms with van der Waals surface area (Å²) in [6.07, 6.45) is 1.50. The van der Waals surface area contributed by atoms with Gasteiger partial charge in [-0.15, -0.1) is 0 Å². The lowest BCUT2D eigenvalue weighted by molar-refractivity contribution is -0.118. The molecule has 1 atom stereocenters. The smallest absolute Gasteiger partial charge is 0.407 e. The van der Waals surface area contributed by atoms with Crippen molar-refractivity contribution >= 4 is 42.4 Å². The molecule has 0 saturated carbocycles. The fraction of sp³-hybridized carbons (Fsp3) is 0.417. The van der Waals surface area contributed by atoms with E-state index in [1.54, 1.807) is 6.20 Å². The first kappa shape index (κ1) is 29.4. The van der Waals surface area contributed by atoms with E-state index in [1.807, 2.05) is 48.3 Å². The number of thioether (sulfide) groups is 1. The number of benzene rings is 1. The summed E-state index contributed by atoms with van der Waals surface area (Å²) in [6.45, 7) is 1.14. The highest BCUT2D eigenvalue weighted by Crippen LogP contribution is 2.45. The van der Waals surface area contributed by atoms with E-state index in [0.29, 0.717) is 30.9 Å². The van der Waals surface area contributed by atoms with Crippen LogP contribution in [0.2, 0.25) is 0 Å². The van der Waals surface area contributed by atoms with Crippen LogP contribution in [-0.2, 0) is 36.2 Å². The quantitative estimate of drug-likeness (QED) is 0.325. The molecule has 1 saturated heterocycles. The summed E-state index contributed by atoms with van der Waals surface area (Å²) in [4.78, 5) is 41.2. The van der Waals surface area contributed by atoms with Gasteiger partial charge in [0.2, 0.25) is 5.91 Å². The minimum absolute atomic E-state index is 0.0363. The number of nitrogens with zero attached hydrogens (tertiary/aromatic N) is 2. The van der Waals surface area contributed by atoms with Crippen molar-refractivity contribution in [2.24, 2.45) is 0 Å². The first-order valence-corrected chi connectivity index (χ1v) is 14.3. The molecule has 1 aromatic heterocycles. The molecule has 0 radical (unpaired) electrons. The minimum atomic E-state index is -3.18. The highest BCUT2D eigenvalue weighted by Gasteiger charge is 2.31. The molecular formula is C24H31N4O8PS. The van der Waals surface area contributed by atoms with Crippen molar-refractivity contribution in [2.75, 3.05) is 52.0 Å². The lowest BCUT2D eigenvalue weighted by atomic mass is 10.1. The lowest BCUT2D eigenvalue weighted by Gasteiger charge is -2.18. The summed E-state index contributed by atoms with van der Waals surface area (Å²) in [5.41, 5.74) is 1.66. The minimum Gasteiger partial charge on any atom is -0.492 e. The largest absolute Gasteiger partial charge is 0.492 e. The Bertz CT molecular complexity index is 1140. The first-order chi connectivity index (χ1) is 18.2. The number of anilines is 1. The Balaban J connectivity index is 1.35. The number of nitrogens with one attached hydrogen (secondary N) is 2. The van der Waals surface area contributed by atoms with Gasteiger partial charge in [0.25, 0.3) is 5.24 Å². The van der Waals surface area contributed by atoms with Gasteiger partial charge in [-0.2, -0.15) is 0 Å². The van der Waals surface area contributed by atoms with E-state index in [0.717, 1.165) is 23.1 Å². The summed E-state index contributed by atoms with van der Waals surface area (Å²) in [6, 6.07) is 11.1. The fourth-order valence-corrected chi connectivity index (χ4v) is 5.12. The molecule has 38 heavy (non-hydrogen) atoms. The fourth-order valence-electron chi connectivity index (χ4n) is 3.36. The SMILES string of the molecule is COP(=O)(CCNC(=O)OCc1ccc(N(C)CCOc2ccc(CC3SC(=O)NC3=O)cc2)nc1)OC. The normalized spacial score (nSPS) is 15.2. The predicted molar refractivity (Wildman–Crippen MR) is 143 cm³/mol. The van der Waals surface area contributed by atoms with E-state index in [9.17, 15) is 18.9 Å². The van der Waals surface area contributed by atoms with Crippen LogP contribution in [0.3, 0.4) is 0 Å². The molecule has 3 amide bonds. The summed E-state index contributed by atoms with van der Waals surface area (Å²) in [5.74, 6) is 1.18. The zero-order valence-corrected chi connectivity index (χ0v) is 23.1. The number of amides is 3. The number of alkyl carbamates (subject to hydrolysis) is 1. The molecule has 0 bridgehead atoms. The number of hydrogen-bond acceptors (Lipinski definition) is 11. The molecule has 14 heteroatoms. The van der Waals surface area contributed by atoms with E-state index < -0.39 is 18.9 Å². The van der Waals surface area contributed by atoms with Crippen LogP contribution in [-0.4, -0.2) is 74.6 Å². The van der Waals surface area contributed by atoms with E-state index in [2.05, 4.69) is 15.6 Å². The van der Waals surface area contributed by atoms with Gasteiger partial charge >= 0.3 is 13.7 Å². The summed E-state index contributed by atoms with van der Waals surface area (Å²) >= 11 is 1.01. The number of ether oxygens (including phenoxy) is 2. The summed E-state index contributed by atoms with van der Waals surface area (Å²) in [5, 5.41) is 4.09. The standard InChI is InChI=1S/C24H31N4O8PS/c1-28(11-12-35-19-7-4-17(5-8-19)14-20-22(29)27-24(31)38-20)21-9-6-18(15-26-21)16-36-23(30)25-10-13-37(32,33-2)34-3/h4-9,15,20H,10-14,16H2,1-3H3,(H,25,30)(H,27,29,31). The Labute approximate surface area is 225 Å². The first-order valence-electron chi connectivity index (χ1n) is 11.7. The van der Waals surface area contributed by atoms with Crippen LogP contribution in [0.25, 0.3) is 0 Å². The zero-order valence-electron chi connectivity index (χ0n) is 21.4. The van der Waals surface area contributed by atoms with Gasteiger partial charge in [0.1, 0.15) is 24.8 Å². The second-order valence-electron chi connectivity index (χ2n) is 8.23. The molecule has 0 aliphatic carbocycles. The maximum absolute atomic E-state index is 11.9. The van der Waals surface area contributed by atoms with E-state index in [4.69, 9.17) is 18.5 Å². The Kier molecular flexibility index (Phi) is 11.0. The monoisotopic (exact) mass is 566 g/mol. The van der Waals surface area contributed by atoms with Crippen LogP contribution < -0.4 is 20.3 Å². The molecule has 2 N–H and O–H groups in total. The van der Waals surface area contributed by atoms with Crippen molar-refractivity contribution in [1.82, 2.24) is 15.6 Å². The number of aromatic nitrogens is 1. The van der Waals surface area contributed by atoms with Crippen molar-refractivity contribution in [1.29, 1.82) is 0 Å². The maximum Gasteiger partial charge on any atom is 0.407 e. The van der Waals surface area contributed by atoms with Gasteiger partial charge in [0, 0.05) is 39.6 Å². The van der Waals surface area contributed by atoms with E-state index in [1.165, 1.54) is 14.2 Å².